The zero-order valence-corrected chi connectivity index (χ0v) is 22.9. The van der Waals surface area contributed by atoms with Gasteiger partial charge in [0.25, 0.3) is 0 Å². The Labute approximate surface area is 199 Å². The monoisotopic (exact) mass is 440 g/mol. The summed E-state index contributed by atoms with van der Waals surface area (Å²) in [6.45, 7) is 22.9. The van der Waals surface area contributed by atoms with Crippen LogP contribution >= 0.6 is 0 Å². The van der Waals surface area contributed by atoms with Gasteiger partial charge in [0, 0.05) is 0 Å². The van der Waals surface area contributed by atoms with Gasteiger partial charge in [-0.1, -0.05) is 59.6 Å². The van der Waals surface area contributed by atoms with Crippen molar-refractivity contribution in [3.8, 4) is 0 Å². The van der Waals surface area contributed by atoms with Crippen LogP contribution in [0.4, 0.5) is 0 Å². The van der Waals surface area contributed by atoms with Gasteiger partial charge in [-0.2, -0.15) is 0 Å². The summed E-state index contributed by atoms with van der Waals surface area (Å²) in [7, 11) is 0. The van der Waals surface area contributed by atoms with Gasteiger partial charge >= 0.3 is 0 Å². The third kappa shape index (κ3) is 3.04. The first-order chi connectivity index (χ1) is 14.8. The van der Waals surface area contributed by atoms with E-state index in [0.29, 0.717) is 27.8 Å². The van der Waals surface area contributed by atoms with Crippen molar-refractivity contribution in [3.63, 3.8) is 0 Å². The minimum absolute atomic E-state index is 0.151. The molecule has 0 aromatic heterocycles. The van der Waals surface area contributed by atoms with E-state index in [0.717, 1.165) is 23.7 Å². The van der Waals surface area contributed by atoms with Gasteiger partial charge in [0.15, 0.2) is 0 Å². The highest BCUT2D eigenvalue weighted by atomic mass is 16.6. The third-order valence-corrected chi connectivity index (χ3v) is 13.1. The van der Waals surface area contributed by atoms with Crippen LogP contribution in [0.1, 0.15) is 127 Å². The van der Waals surface area contributed by atoms with E-state index in [1.54, 1.807) is 0 Å². The van der Waals surface area contributed by atoms with Crippen LogP contribution in [0.25, 0.3) is 0 Å². The van der Waals surface area contributed by atoms with Crippen LogP contribution in [0.3, 0.4) is 0 Å². The number of allylic oxidation sites excluding steroid dienone is 2. The van der Waals surface area contributed by atoms with Crippen LogP contribution in [0.2, 0.25) is 0 Å². The Balaban J connectivity index is 1.41. The second-order valence-electron chi connectivity index (χ2n) is 14.9. The molecule has 2 saturated carbocycles. The van der Waals surface area contributed by atoms with E-state index >= 15 is 0 Å². The first-order valence-electron chi connectivity index (χ1n) is 14.2. The maximum Gasteiger partial charge on any atom is 0.0892 e. The van der Waals surface area contributed by atoms with Gasteiger partial charge < -0.3 is 4.74 Å². The maximum atomic E-state index is 5.92. The average Bonchev–Trinajstić information content (AvgIpc) is 3.22. The van der Waals surface area contributed by atoms with Crippen LogP contribution < -0.4 is 0 Å². The minimum atomic E-state index is 0.151. The molecule has 0 radical (unpaired) electrons. The van der Waals surface area contributed by atoms with Gasteiger partial charge in [0.2, 0.25) is 0 Å². The molecule has 3 fully saturated rings. The normalized spacial score (nSPS) is 49.8. The molecular formula is C31H52O. The van der Waals surface area contributed by atoms with E-state index in [1.165, 1.54) is 64.2 Å². The number of rotatable bonds is 4. The smallest absolute Gasteiger partial charge is 0.0892 e. The Kier molecular flexibility index (Phi) is 5.21. The number of ether oxygens (including phenoxy) is 1. The molecule has 1 heterocycles. The van der Waals surface area contributed by atoms with Crippen LogP contribution in [-0.2, 0) is 4.74 Å². The number of hydrogen-bond donors (Lipinski definition) is 0. The quantitative estimate of drug-likeness (QED) is 0.314. The zero-order chi connectivity index (χ0) is 23.3. The number of hydrogen-bond acceptors (Lipinski definition) is 1. The van der Waals surface area contributed by atoms with Gasteiger partial charge in [0.05, 0.1) is 11.7 Å². The zero-order valence-electron chi connectivity index (χ0n) is 22.9. The Morgan fingerprint density at radius 1 is 0.875 bits per heavy atom. The van der Waals surface area contributed by atoms with E-state index in [2.05, 4.69) is 62.3 Å². The molecule has 1 aliphatic heterocycles. The molecule has 0 aromatic rings. The number of fused-ring (bicyclic) bond motifs is 4. The van der Waals surface area contributed by atoms with Gasteiger partial charge in [0.1, 0.15) is 0 Å². The Morgan fingerprint density at radius 3 is 2.22 bits per heavy atom. The topological polar surface area (TPSA) is 12.5 Å². The average molecular weight is 441 g/mol. The molecular weight excluding hydrogens is 388 g/mol. The molecule has 32 heavy (non-hydrogen) atoms. The van der Waals surface area contributed by atoms with E-state index in [4.69, 9.17) is 4.74 Å². The highest BCUT2D eigenvalue weighted by Crippen LogP contribution is 2.72. The molecule has 1 heteroatoms. The first kappa shape index (κ1) is 23.4. The SMILES string of the molecule is C[C@H](CCC1OC1(C)C)[C@H]1CC[C@@]2(C)C3=C(CC[C@]12C)[C@@]1(C)CC[C@H](C)C(C)(C)[C@@H]1CC3. The van der Waals surface area contributed by atoms with Gasteiger partial charge in [-0.25, -0.2) is 0 Å². The van der Waals surface area contributed by atoms with Gasteiger partial charge in [-0.3, -0.25) is 0 Å². The molecule has 1 nitrogen and oxygen atoms in total. The first-order valence-corrected chi connectivity index (χ1v) is 14.2. The summed E-state index contributed by atoms with van der Waals surface area (Å²) in [6, 6.07) is 0. The lowest BCUT2D eigenvalue weighted by molar-refractivity contribution is -0.0483. The Morgan fingerprint density at radius 2 is 1.56 bits per heavy atom. The highest BCUT2D eigenvalue weighted by molar-refractivity contribution is 5.38. The van der Waals surface area contributed by atoms with E-state index in [1.807, 2.05) is 11.1 Å². The van der Waals surface area contributed by atoms with Crippen molar-refractivity contribution in [1.29, 1.82) is 0 Å². The summed E-state index contributed by atoms with van der Waals surface area (Å²) in [6.07, 6.45) is 14.5. The van der Waals surface area contributed by atoms with Crippen molar-refractivity contribution in [2.75, 3.05) is 0 Å². The molecule has 5 aliphatic rings. The molecule has 8 atom stereocenters. The van der Waals surface area contributed by atoms with Crippen LogP contribution in [0.15, 0.2) is 11.1 Å². The lowest BCUT2D eigenvalue weighted by Crippen LogP contribution is -2.53. The second kappa shape index (κ2) is 7.11. The van der Waals surface area contributed by atoms with Gasteiger partial charge in [-0.15, -0.1) is 0 Å². The summed E-state index contributed by atoms with van der Waals surface area (Å²) < 4.78 is 5.92. The highest BCUT2D eigenvalue weighted by Gasteiger charge is 2.63. The summed E-state index contributed by atoms with van der Waals surface area (Å²) >= 11 is 0. The predicted molar refractivity (Wildman–Crippen MR) is 136 cm³/mol. The molecule has 0 spiro atoms. The second-order valence-corrected chi connectivity index (χ2v) is 14.9. The molecule has 0 N–H and O–H groups in total. The molecule has 4 aliphatic carbocycles. The summed E-state index contributed by atoms with van der Waals surface area (Å²) in [5.41, 5.74) is 5.94. The van der Waals surface area contributed by atoms with Gasteiger partial charge in [-0.05, 0) is 123 Å². The lowest BCUT2D eigenvalue weighted by Gasteiger charge is -2.62. The van der Waals surface area contributed by atoms with Crippen LogP contribution in [0.5, 0.6) is 0 Å². The molecule has 1 unspecified atom stereocenters. The molecule has 0 aromatic carbocycles. The summed E-state index contributed by atoms with van der Waals surface area (Å²) in [5.74, 6) is 3.45. The van der Waals surface area contributed by atoms with Crippen molar-refractivity contribution in [2.45, 2.75) is 138 Å². The molecule has 5 rings (SSSR count). The van der Waals surface area contributed by atoms with E-state index < -0.39 is 0 Å². The minimum Gasteiger partial charge on any atom is -0.367 e. The molecule has 1 saturated heterocycles. The Bertz CT molecular complexity index is 803. The fourth-order valence-electron chi connectivity index (χ4n) is 10.2. The van der Waals surface area contributed by atoms with Crippen molar-refractivity contribution in [2.24, 2.45) is 45.3 Å². The predicted octanol–water partition coefficient (Wildman–Crippen LogP) is 8.97. The largest absolute Gasteiger partial charge is 0.367 e. The Hall–Kier alpha value is -0.300. The van der Waals surface area contributed by atoms with Crippen LogP contribution in [-0.4, -0.2) is 11.7 Å². The van der Waals surface area contributed by atoms with Crippen LogP contribution in [0, 0.1) is 45.3 Å². The lowest BCUT2D eigenvalue weighted by atomic mass is 9.42. The standard InChI is InChI=1S/C31H52O/c1-20(10-13-26-28(5,6)32-26)22-15-18-31(9)24-11-12-25-27(3,4)21(2)14-17-29(25,7)23(24)16-19-30(22,31)8/h20-22,25-26H,10-19H2,1-9H3/t20-,21+,22-,25+,26?,29-,30-,31+/m1/s1. The summed E-state index contributed by atoms with van der Waals surface area (Å²) in [4.78, 5) is 0. The van der Waals surface area contributed by atoms with Crippen molar-refractivity contribution in [3.05, 3.63) is 11.1 Å². The van der Waals surface area contributed by atoms with E-state index in [-0.39, 0.29) is 5.60 Å². The van der Waals surface area contributed by atoms with Crippen molar-refractivity contribution in [1.82, 2.24) is 0 Å². The molecule has 0 bridgehead atoms. The number of epoxide rings is 1. The molecule has 182 valence electrons. The summed E-state index contributed by atoms with van der Waals surface area (Å²) in [5, 5.41) is 0. The fraction of sp³-hybridized carbons (Fsp3) is 0.935. The fourth-order valence-corrected chi connectivity index (χ4v) is 10.2. The van der Waals surface area contributed by atoms with Crippen molar-refractivity contribution < 1.29 is 4.74 Å². The molecule has 0 amide bonds. The van der Waals surface area contributed by atoms with E-state index in [9.17, 15) is 0 Å². The maximum absolute atomic E-state index is 5.92. The van der Waals surface area contributed by atoms with Crippen molar-refractivity contribution >= 4 is 0 Å². The third-order valence-electron chi connectivity index (χ3n) is 13.1.